The van der Waals surface area contributed by atoms with Gasteiger partial charge in [0.25, 0.3) is 0 Å². The molecule has 0 aliphatic heterocycles. The summed E-state index contributed by atoms with van der Waals surface area (Å²) in [6.45, 7) is 8.56. The first-order valence-corrected chi connectivity index (χ1v) is 7.59. The summed E-state index contributed by atoms with van der Waals surface area (Å²) in [6.07, 6.45) is 2.10. The zero-order valence-corrected chi connectivity index (χ0v) is 14.5. The Balaban J connectivity index is 2.86. The Morgan fingerprint density at radius 2 is 1.79 bits per heavy atom. The lowest BCUT2D eigenvalue weighted by molar-refractivity contribution is 0.0118. The van der Waals surface area contributed by atoms with Gasteiger partial charge in [0.05, 0.1) is 5.60 Å². The molecule has 1 unspecified atom stereocenters. The molecule has 0 aliphatic rings. The molecular weight excluding hydrogens is 302 g/mol. The molecule has 0 saturated carbocycles. The molecule has 1 N–H and O–H groups in total. The van der Waals surface area contributed by atoms with Crippen LogP contribution in [0, 0.1) is 13.8 Å². The Bertz CT molecular complexity index is 406. The van der Waals surface area contributed by atoms with E-state index in [1.165, 1.54) is 21.2 Å². The summed E-state index contributed by atoms with van der Waals surface area (Å²) in [5, 5.41) is 3.42. The van der Waals surface area contributed by atoms with E-state index in [-0.39, 0.29) is 5.60 Å². The first-order valence-electron chi connectivity index (χ1n) is 6.80. The highest BCUT2D eigenvalue weighted by molar-refractivity contribution is 9.10. The molecule has 0 bridgehead atoms. The summed E-state index contributed by atoms with van der Waals surface area (Å²) in [5.41, 5.74) is 3.88. The molecule has 1 rings (SSSR count). The van der Waals surface area contributed by atoms with E-state index in [4.69, 9.17) is 4.74 Å². The lowest BCUT2D eigenvalue weighted by Crippen LogP contribution is -2.26. The Hall–Kier alpha value is -0.380. The second-order valence-electron chi connectivity index (χ2n) is 5.81. The number of ether oxygens (including phenoxy) is 1. The largest absolute Gasteiger partial charge is 0.379 e. The number of methoxy groups -OCH3 is 1. The van der Waals surface area contributed by atoms with Crippen molar-refractivity contribution >= 4 is 15.9 Å². The third-order valence-corrected chi connectivity index (χ3v) is 5.05. The maximum Gasteiger partial charge on any atom is 0.0623 e. The predicted octanol–water partition coefficient (Wildman–Crippen LogP) is 4.53. The van der Waals surface area contributed by atoms with Gasteiger partial charge >= 0.3 is 0 Å². The summed E-state index contributed by atoms with van der Waals surface area (Å²) in [6, 6.07) is 4.90. The number of benzene rings is 1. The number of aryl methyl sites for hydroxylation is 2. The fraction of sp³-hybridized carbons (Fsp3) is 0.625. The van der Waals surface area contributed by atoms with Crippen molar-refractivity contribution in [1.82, 2.24) is 5.32 Å². The van der Waals surface area contributed by atoms with Crippen LogP contribution in [0.2, 0.25) is 0 Å². The lowest BCUT2D eigenvalue weighted by atomic mass is 9.93. The van der Waals surface area contributed by atoms with Gasteiger partial charge in [0.15, 0.2) is 0 Å². The fourth-order valence-corrected chi connectivity index (χ4v) is 2.48. The summed E-state index contributed by atoms with van der Waals surface area (Å²) in [4.78, 5) is 0. The first kappa shape index (κ1) is 16.7. The van der Waals surface area contributed by atoms with Crippen molar-refractivity contribution in [1.29, 1.82) is 0 Å². The third kappa shape index (κ3) is 4.59. The molecule has 0 radical (unpaired) electrons. The minimum absolute atomic E-state index is 0.0610. The normalized spacial score (nSPS) is 13.6. The van der Waals surface area contributed by atoms with Crippen molar-refractivity contribution < 1.29 is 4.74 Å². The number of rotatable bonds is 6. The lowest BCUT2D eigenvalue weighted by Gasteiger charge is -2.26. The van der Waals surface area contributed by atoms with Crippen LogP contribution >= 0.6 is 15.9 Å². The Kier molecular flexibility index (Phi) is 6.03. The molecule has 0 aromatic heterocycles. The predicted molar refractivity (Wildman–Crippen MR) is 85.7 cm³/mol. The molecule has 0 aliphatic carbocycles. The Morgan fingerprint density at radius 3 is 2.21 bits per heavy atom. The van der Waals surface area contributed by atoms with Crippen molar-refractivity contribution in [2.24, 2.45) is 0 Å². The van der Waals surface area contributed by atoms with Gasteiger partial charge in [0.1, 0.15) is 0 Å². The zero-order valence-electron chi connectivity index (χ0n) is 12.9. The van der Waals surface area contributed by atoms with Crippen LogP contribution in [0.5, 0.6) is 0 Å². The van der Waals surface area contributed by atoms with Crippen molar-refractivity contribution in [2.45, 2.75) is 52.2 Å². The van der Waals surface area contributed by atoms with Crippen molar-refractivity contribution in [3.63, 3.8) is 0 Å². The molecule has 0 spiro atoms. The van der Waals surface area contributed by atoms with E-state index in [0.29, 0.717) is 6.04 Å². The molecule has 2 nitrogen and oxygen atoms in total. The Labute approximate surface area is 126 Å². The van der Waals surface area contributed by atoms with Gasteiger partial charge in [-0.25, -0.2) is 0 Å². The van der Waals surface area contributed by atoms with E-state index in [2.05, 4.69) is 61.1 Å². The molecular formula is C16H26BrNO. The minimum atomic E-state index is -0.0610. The molecule has 19 heavy (non-hydrogen) atoms. The van der Waals surface area contributed by atoms with Gasteiger partial charge in [0, 0.05) is 17.6 Å². The summed E-state index contributed by atoms with van der Waals surface area (Å²) < 4.78 is 6.71. The van der Waals surface area contributed by atoms with E-state index >= 15 is 0 Å². The quantitative estimate of drug-likeness (QED) is 0.828. The standard InChI is InChI=1S/C16H26BrNO/c1-11-9-13(10-12(2)15(11)17)14(18-5)7-8-16(3,4)19-6/h9-10,14,18H,7-8H2,1-6H3. The van der Waals surface area contributed by atoms with Crippen LogP contribution in [0.25, 0.3) is 0 Å². The summed E-state index contributed by atoms with van der Waals surface area (Å²) >= 11 is 3.63. The molecule has 0 fully saturated rings. The number of hydrogen-bond acceptors (Lipinski definition) is 2. The van der Waals surface area contributed by atoms with Crippen LogP contribution in [0.3, 0.4) is 0 Å². The van der Waals surface area contributed by atoms with E-state index < -0.39 is 0 Å². The van der Waals surface area contributed by atoms with E-state index in [1.807, 2.05) is 7.05 Å². The molecule has 0 amide bonds. The third-order valence-electron chi connectivity index (χ3n) is 3.80. The van der Waals surface area contributed by atoms with E-state index in [1.54, 1.807) is 7.11 Å². The first-order chi connectivity index (χ1) is 8.80. The maximum absolute atomic E-state index is 5.50. The van der Waals surface area contributed by atoms with Gasteiger partial charge in [-0.2, -0.15) is 0 Å². The smallest absolute Gasteiger partial charge is 0.0623 e. The van der Waals surface area contributed by atoms with Gasteiger partial charge in [-0.3, -0.25) is 0 Å². The zero-order chi connectivity index (χ0) is 14.6. The van der Waals surface area contributed by atoms with E-state index in [0.717, 1.165) is 12.8 Å². The van der Waals surface area contributed by atoms with Crippen LogP contribution in [-0.2, 0) is 4.74 Å². The molecule has 1 aromatic rings. The van der Waals surface area contributed by atoms with Gasteiger partial charge in [-0.1, -0.05) is 28.1 Å². The van der Waals surface area contributed by atoms with Crippen molar-refractivity contribution in [3.8, 4) is 0 Å². The van der Waals surface area contributed by atoms with Gasteiger partial charge < -0.3 is 10.1 Å². The number of nitrogens with one attached hydrogen (secondary N) is 1. The van der Waals surface area contributed by atoms with Gasteiger partial charge in [0.2, 0.25) is 0 Å². The van der Waals surface area contributed by atoms with Crippen LogP contribution in [0.1, 0.15) is 49.4 Å². The van der Waals surface area contributed by atoms with Crippen molar-refractivity contribution in [3.05, 3.63) is 33.3 Å². The number of hydrogen-bond donors (Lipinski definition) is 1. The average Bonchev–Trinajstić information content (AvgIpc) is 2.36. The summed E-state index contributed by atoms with van der Waals surface area (Å²) in [5.74, 6) is 0. The van der Waals surface area contributed by atoms with E-state index in [9.17, 15) is 0 Å². The molecule has 1 aromatic carbocycles. The molecule has 0 saturated heterocycles. The van der Waals surface area contributed by atoms with Gasteiger partial charge in [-0.15, -0.1) is 0 Å². The monoisotopic (exact) mass is 327 g/mol. The SMILES string of the molecule is CNC(CCC(C)(C)OC)c1cc(C)c(Br)c(C)c1. The second-order valence-corrected chi connectivity index (χ2v) is 6.61. The number of halogens is 1. The molecule has 3 heteroatoms. The minimum Gasteiger partial charge on any atom is -0.379 e. The Morgan fingerprint density at radius 1 is 1.26 bits per heavy atom. The van der Waals surface area contributed by atoms with Crippen LogP contribution in [0.4, 0.5) is 0 Å². The topological polar surface area (TPSA) is 21.3 Å². The van der Waals surface area contributed by atoms with Gasteiger partial charge in [-0.05, 0) is 64.3 Å². The highest BCUT2D eigenvalue weighted by Crippen LogP contribution is 2.29. The summed E-state index contributed by atoms with van der Waals surface area (Å²) in [7, 11) is 3.81. The van der Waals surface area contributed by atoms with Crippen molar-refractivity contribution in [2.75, 3.05) is 14.2 Å². The molecule has 0 heterocycles. The van der Waals surface area contributed by atoms with Crippen LogP contribution in [0.15, 0.2) is 16.6 Å². The second kappa shape index (κ2) is 6.87. The highest BCUT2D eigenvalue weighted by Gasteiger charge is 2.20. The molecule has 108 valence electrons. The van der Waals surface area contributed by atoms with Crippen LogP contribution < -0.4 is 5.32 Å². The van der Waals surface area contributed by atoms with Crippen LogP contribution in [-0.4, -0.2) is 19.8 Å². The fourth-order valence-electron chi connectivity index (χ4n) is 2.25. The molecule has 1 atom stereocenters. The highest BCUT2D eigenvalue weighted by atomic mass is 79.9. The average molecular weight is 328 g/mol. The maximum atomic E-state index is 5.50.